The molecule has 31 N–H and O–H groups in total. The molecule has 0 radical (unpaired) electrons. The van der Waals surface area contributed by atoms with E-state index in [4.69, 9.17) is 116 Å². The first-order chi connectivity index (χ1) is 43.0. The minimum absolute atomic E-state index is 0.141. The summed E-state index contributed by atoms with van der Waals surface area (Å²) in [6, 6.07) is 0. The Morgan fingerprint density at radius 2 is 0.341 bits per heavy atom. The SMILES string of the molecule is CC(CO)(CO)CO.CCC(CO)(CO)CO.CCC(CO)(CO)COCC(CC)(CO)CO.OCC(CO)(CO)CO.OCC(CO)(CO)COCC(CO)(CO)CO.OCC(CO)(CO)COCC(CO)(CO)COCC(CO)(CO)CO.OCC(O)CO. The second-order valence-corrected chi connectivity index (χ2v) is 23.8. The van der Waals surface area contributed by atoms with Crippen molar-refractivity contribution in [3.8, 4) is 0 Å². The van der Waals surface area contributed by atoms with Crippen LogP contribution in [-0.2, 0) is 18.9 Å². The lowest BCUT2D eigenvalue weighted by Crippen LogP contribution is -2.45. The summed E-state index contributed by atoms with van der Waals surface area (Å²) < 4.78 is 21.3. The van der Waals surface area contributed by atoms with Gasteiger partial charge in [0.05, 0.1) is 284 Å². The molecule has 0 aliphatic rings. The molecule has 0 aromatic rings. The fourth-order valence-electron chi connectivity index (χ4n) is 5.29. The Morgan fingerprint density at radius 1 is 0.198 bits per heavy atom. The lowest BCUT2D eigenvalue weighted by molar-refractivity contribution is -0.127. The van der Waals surface area contributed by atoms with E-state index in [1.54, 1.807) is 6.92 Å². The number of hydrogen-bond acceptors (Lipinski definition) is 35. The molecule has 0 saturated heterocycles. The molecule has 0 heterocycles. The topological polar surface area (TPSA) is 664 Å². The lowest BCUT2D eigenvalue weighted by atomic mass is 9.86. The fourth-order valence-corrected chi connectivity index (χ4v) is 5.29. The van der Waals surface area contributed by atoms with Gasteiger partial charge in [-0.25, -0.2) is 0 Å². The molecule has 0 unspecified atom stereocenters. The van der Waals surface area contributed by atoms with Crippen LogP contribution in [0.25, 0.3) is 0 Å². The van der Waals surface area contributed by atoms with Crippen molar-refractivity contribution in [1.29, 1.82) is 0 Å². The van der Waals surface area contributed by atoms with Crippen molar-refractivity contribution in [3.05, 3.63) is 0 Å². The smallest absolute Gasteiger partial charge is 0.100 e. The summed E-state index contributed by atoms with van der Waals surface area (Å²) in [6.45, 7) is -4.14. The van der Waals surface area contributed by atoms with Gasteiger partial charge >= 0.3 is 0 Å². The molecule has 0 aromatic heterocycles. The van der Waals surface area contributed by atoms with Crippen molar-refractivity contribution < 1.29 is 177 Å². The highest BCUT2D eigenvalue weighted by Crippen LogP contribution is 2.27. The summed E-state index contributed by atoms with van der Waals surface area (Å²) in [5, 5.41) is 275. The zero-order valence-electron chi connectivity index (χ0n) is 54.1. The van der Waals surface area contributed by atoms with E-state index >= 15 is 0 Å². The Hall–Kier alpha value is -1.40. The van der Waals surface area contributed by atoms with Gasteiger partial charge in [-0.3, -0.25) is 0 Å². The Morgan fingerprint density at radius 3 is 0.418 bits per heavy atom. The normalized spacial score (nSPS) is 12.7. The molecule has 91 heavy (non-hydrogen) atoms. The van der Waals surface area contributed by atoms with Crippen LogP contribution in [0, 0.1) is 54.1 Å². The first kappa shape index (κ1) is 103. The minimum Gasteiger partial charge on any atom is -0.396 e. The first-order valence-electron chi connectivity index (χ1n) is 29.3. The van der Waals surface area contributed by atoms with E-state index in [9.17, 15) is 61.3 Å². The molecule has 35 heteroatoms. The Labute approximate surface area is 534 Å². The largest absolute Gasteiger partial charge is 0.396 e. The molecule has 0 spiro atoms. The maximum atomic E-state index is 9.56. The number of hydrogen-bond donors (Lipinski definition) is 31. The van der Waals surface area contributed by atoms with Crippen LogP contribution in [0.3, 0.4) is 0 Å². The second-order valence-electron chi connectivity index (χ2n) is 23.8. The van der Waals surface area contributed by atoms with Crippen LogP contribution in [0.2, 0.25) is 0 Å². The number of ether oxygens (including phenoxy) is 4. The highest BCUT2D eigenvalue weighted by Gasteiger charge is 2.37. The van der Waals surface area contributed by atoms with Crippen molar-refractivity contribution in [2.45, 2.75) is 53.1 Å². The van der Waals surface area contributed by atoms with Crippen LogP contribution in [0.15, 0.2) is 0 Å². The highest BCUT2D eigenvalue weighted by molar-refractivity contribution is 4.84. The minimum atomic E-state index is -1.24. The second kappa shape index (κ2) is 59.8. The van der Waals surface area contributed by atoms with Crippen molar-refractivity contribution >= 4 is 0 Å². The van der Waals surface area contributed by atoms with Crippen LogP contribution < -0.4 is 0 Å². The first-order valence-corrected chi connectivity index (χ1v) is 29.3. The van der Waals surface area contributed by atoms with Gasteiger partial charge in [0.2, 0.25) is 0 Å². The third-order valence-electron chi connectivity index (χ3n) is 15.5. The molecule has 0 aliphatic heterocycles. The van der Waals surface area contributed by atoms with Gasteiger partial charge in [-0.1, -0.05) is 27.7 Å². The highest BCUT2D eigenvalue weighted by atomic mass is 16.5. The fraction of sp³-hybridized carbons (Fsp3) is 1.00. The Kier molecular flexibility index (Phi) is 67.8. The molecule has 0 rings (SSSR count). The van der Waals surface area contributed by atoms with E-state index < -0.39 is 179 Å². The monoisotopic (exact) mass is 1360 g/mol. The Bertz CT molecular complexity index is 1260. The van der Waals surface area contributed by atoms with Crippen LogP contribution >= 0.6 is 0 Å². The summed E-state index contributed by atoms with van der Waals surface area (Å²) in [6.07, 6.45) is 0.857. The van der Waals surface area contributed by atoms with E-state index in [1.807, 2.05) is 20.8 Å². The molecule has 0 aliphatic carbocycles. The predicted molar refractivity (Wildman–Crippen MR) is 323 cm³/mol. The van der Waals surface area contributed by atoms with Gasteiger partial charge < -0.3 is 177 Å². The average molecular weight is 1360 g/mol. The van der Waals surface area contributed by atoms with E-state index in [1.165, 1.54) is 0 Å². The van der Waals surface area contributed by atoms with Crippen molar-refractivity contribution in [3.63, 3.8) is 0 Å². The van der Waals surface area contributed by atoms with Gasteiger partial charge in [0.25, 0.3) is 0 Å². The standard InChI is InChI=1S/C15H32O10.C12H26O5.C10H22O7.C6H14O3.C5H12O4.C5H12O3.C3H8O3/c16-1-13(2-17,3-18)9-24-11-15(7-22,8-23)12-25-10-14(4-19,5-20)6-21;1-3-11(5-13,6-14)9-17-10-12(4-2,7-15)8-16;11-1-9(2-12,3-13)7-17-8-10(4-14,5-15)6-16;1-2-6(3-7,4-8)5-9;6-1-5(2-7,3-8)4-9;1-5(2-6,3-7)4-8;4-1-3(6)2-5/h16-23H,1-12H2;13-16H,3-10H2,1-2H3;11-16H,1-8H2;7-9H,2-5H2,1H3;6-9H,1-4H2;6-8H,2-4H2,1H3;3-6H,1-2H2. The van der Waals surface area contributed by atoms with Gasteiger partial charge in [-0.15, -0.1) is 0 Å². The average Bonchev–Trinajstić information content (AvgIpc) is 3.75. The lowest BCUT2D eigenvalue weighted by Gasteiger charge is -2.34. The van der Waals surface area contributed by atoms with Gasteiger partial charge in [0.1, 0.15) is 6.10 Å². The van der Waals surface area contributed by atoms with Gasteiger partial charge in [-0.05, 0) is 19.3 Å². The van der Waals surface area contributed by atoms with Crippen molar-refractivity contribution in [1.82, 2.24) is 0 Å². The zero-order valence-corrected chi connectivity index (χ0v) is 54.1. The third kappa shape index (κ3) is 40.8. The molecular formula is C56H126O35. The van der Waals surface area contributed by atoms with Crippen LogP contribution in [0.4, 0.5) is 0 Å². The summed E-state index contributed by atoms with van der Waals surface area (Å²) in [4.78, 5) is 0. The molecule has 0 bridgehead atoms. The maximum Gasteiger partial charge on any atom is 0.100 e. The van der Waals surface area contributed by atoms with Crippen LogP contribution in [0.5, 0.6) is 0 Å². The number of aliphatic hydroxyl groups excluding tert-OH is 31. The molecule has 560 valence electrons. The van der Waals surface area contributed by atoms with Crippen molar-refractivity contribution in [2.24, 2.45) is 54.1 Å². The zero-order chi connectivity index (χ0) is 72.4. The number of rotatable bonds is 49. The third-order valence-corrected chi connectivity index (χ3v) is 15.5. The molecule has 0 atom stereocenters. The van der Waals surface area contributed by atoms with Gasteiger partial charge in [0.15, 0.2) is 0 Å². The predicted octanol–water partition coefficient (Wildman–Crippen LogP) is -12.8. The molecule has 0 aromatic carbocycles. The van der Waals surface area contributed by atoms with Crippen molar-refractivity contribution in [2.75, 3.05) is 251 Å². The van der Waals surface area contributed by atoms with E-state index in [0.29, 0.717) is 19.3 Å². The van der Waals surface area contributed by atoms with E-state index in [2.05, 4.69) is 0 Å². The molecule has 0 amide bonds. The maximum absolute atomic E-state index is 9.56. The quantitative estimate of drug-likeness (QED) is 0.0269. The van der Waals surface area contributed by atoms with Crippen LogP contribution in [0.1, 0.15) is 47.0 Å². The number of aliphatic hydroxyl groups is 31. The van der Waals surface area contributed by atoms with Gasteiger partial charge in [0, 0.05) is 21.7 Å². The molecule has 0 fully saturated rings. The molecule has 35 nitrogen and oxygen atoms in total. The summed E-state index contributed by atoms with van der Waals surface area (Å²) >= 11 is 0. The van der Waals surface area contributed by atoms with Gasteiger partial charge in [-0.2, -0.15) is 0 Å². The summed E-state index contributed by atoms with van der Waals surface area (Å²) in [5.41, 5.74) is -9.76. The van der Waals surface area contributed by atoms with Crippen LogP contribution in [-0.4, -0.2) is 415 Å². The van der Waals surface area contributed by atoms with E-state index in [0.717, 1.165) is 0 Å². The summed E-state index contributed by atoms with van der Waals surface area (Å²) in [7, 11) is 0. The molecular weight excluding hydrogens is 1230 g/mol. The van der Waals surface area contributed by atoms with E-state index in [-0.39, 0.29) is 132 Å². The Balaban J connectivity index is -0.000000191. The molecule has 0 saturated carbocycles. The summed E-state index contributed by atoms with van der Waals surface area (Å²) in [5.74, 6) is 0.